The fourth-order valence-electron chi connectivity index (χ4n) is 3.75. The quantitative estimate of drug-likeness (QED) is 0.272. The van der Waals surface area contributed by atoms with E-state index in [4.69, 9.17) is 11.6 Å². The van der Waals surface area contributed by atoms with E-state index in [1.807, 2.05) is 42.5 Å². The van der Waals surface area contributed by atoms with Crippen LogP contribution in [0.15, 0.2) is 83.7 Å². The summed E-state index contributed by atoms with van der Waals surface area (Å²) in [6.07, 6.45) is 3.20. The molecule has 0 unspecified atom stereocenters. The standard InChI is InChI=1S/C28H24ClNO2/c1-28(2,3)20-12-9-18(10-13-20)11-16-24(31)26-25(19-7-5-4-6-8-19)22-17-21(29)14-15-23(22)30-27(26)32/h4-17H,1-3H3,(H,30,32)/b16-11+. The zero-order valence-corrected chi connectivity index (χ0v) is 19.0. The van der Waals surface area contributed by atoms with Gasteiger partial charge in [-0.1, -0.05) is 93.0 Å². The third-order valence-electron chi connectivity index (χ3n) is 5.49. The number of ketones is 1. The summed E-state index contributed by atoms with van der Waals surface area (Å²) in [7, 11) is 0. The van der Waals surface area contributed by atoms with E-state index < -0.39 is 5.56 Å². The van der Waals surface area contributed by atoms with E-state index in [0.29, 0.717) is 16.1 Å². The minimum atomic E-state index is -0.420. The molecule has 0 saturated carbocycles. The number of allylic oxidation sites excluding steroid dienone is 1. The van der Waals surface area contributed by atoms with Gasteiger partial charge in [0.1, 0.15) is 0 Å². The summed E-state index contributed by atoms with van der Waals surface area (Å²) in [5.41, 5.74) is 3.87. The number of hydrogen-bond acceptors (Lipinski definition) is 2. The first-order valence-electron chi connectivity index (χ1n) is 10.5. The number of benzene rings is 3. The average Bonchev–Trinajstić information content (AvgIpc) is 2.77. The summed E-state index contributed by atoms with van der Waals surface area (Å²) in [5, 5.41) is 1.27. The minimum absolute atomic E-state index is 0.0578. The van der Waals surface area contributed by atoms with Crippen molar-refractivity contribution in [3.05, 3.63) is 111 Å². The molecule has 0 aliphatic rings. The zero-order chi connectivity index (χ0) is 22.9. The molecular formula is C28H24ClNO2. The van der Waals surface area contributed by atoms with E-state index in [2.05, 4.69) is 37.9 Å². The van der Waals surface area contributed by atoms with Crippen molar-refractivity contribution < 1.29 is 4.79 Å². The fraction of sp³-hybridized carbons (Fsp3) is 0.143. The van der Waals surface area contributed by atoms with Gasteiger partial charge < -0.3 is 4.98 Å². The van der Waals surface area contributed by atoms with Crippen LogP contribution in [0.4, 0.5) is 0 Å². The second-order valence-corrected chi connectivity index (χ2v) is 9.27. The van der Waals surface area contributed by atoms with Gasteiger partial charge in [0.05, 0.1) is 5.56 Å². The van der Waals surface area contributed by atoms with Gasteiger partial charge >= 0.3 is 0 Å². The molecule has 1 aromatic heterocycles. The molecule has 3 nitrogen and oxygen atoms in total. The smallest absolute Gasteiger partial charge is 0.260 e. The SMILES string of the molecule is CC(C)(C)c1ccc(/C=C/C(=O)c2c(-c3ccccc3)c3cc(Cl)ccc3[nH]c2=O)cc1. The zero-order valence-electron chi connectivity index (χ0n) is 18.3. The number of hydrogen-bond donors (Lipinski definition) is 1. The van der Waals surface area contributed by atoms with Crippen LogP contribution in [-0.4, -0.2) is 10.8 Å². The maximum absolute atomic E-state index is 13.2. The fourth-order valence-corrected chi connectivity index (χ4v) is 3.93. The Morgan fingerprint density at radius 2 is 1.62 bits per heavy atom. The summed E-state index contributed by atoms with van der Waals surface area (Å²) in [6.45, 7) is 6.47. The highest BCUT2D eigenvalue weighted by Crippen LogP contribution is 2.31. The number of aromatic amines is 1. The number of rotatable bonds is 4. The van der Waals surface area contributed by atoms with Crippen molar-refractivity contribution in [2.24, 2.45) is 0 Å². The Bertz CT molecular complexity index is 1380. The molecule has 160 valence electrons. The number of fused-ring (bicyclic) bond motifs is 1. The predicted molar refractivity (Wildman–Crippen MR) is 134 cm³/mol. The summed E-state index contributed by atoms with van der Waals surface area (Å²) in [4.78, 5) is 29.1. The highest BCUT2D eigenvalue weighted by molar-refractivity contribution is 6.31. The van der Waals surface area contributed by atoms with Gasteiger partial charge in [-0.3, -0.25) is 9.59 Å². The van der Waals surface area contributed by atoms with Gasteiger partial charge in [-0.05, 0) is 46.4 Å². The van der Waals surface area contributed by atoms with Crippen LogP contribution < -0.4 is 5.56 Å². The van der Waals surface area contributed by atoms with E-state index in [0.717, 1.165) is 16.5 Å². The lowest BCUT2D eigenvalue weighted by molar-refractivity contribution is 0.104. The molecule has 0 amide bonds. The molecule has 32 heavy (non-hydrogen) atoms. The van der Waals surface area contributed by atoms with Gasteiger partial charge in [0.2, 0.25) is 0 Å². The van der Waals surface area contributed by atoms with Gasteiger partial charge in [-0.2, -0.15) is 0 Å². The van der Waals surface area contributed by atoms with Gasteiger partial charge in [-0.15, -0.1) is 0 Å². The van der Waals surface area contributed by atoms with Crippen LogP contribution in [-0.2, 0) is 5.41 Å². The molecule has 0 fully saturated rings. The molecule has 0 spiro atoms. The molecule has 0 atom stereocenters. The first-order valence-corrected chi connectivity index (χ1v) is 10.9. The molecule has 0 bridgehead atoms. The normalized spacial score (nSPS) is 11.9. The number of H-pyrrole nitrogens is 1. The molecule has 1 heterocycles. The Kier molecular flexibility index (Phi) is 5.86. The number of carbonyl (C=O) groups excluding carboxylic acids is 1. The van der Waals surface area contributed by atoms with Crippen LogP contribution in [0.1, 0.15) is 42.3 Å². The van der Waals surface area contributed by atoms with E-state index in [-0.39, 0.29) is 16.8 Å². The molecule has 0 aliphatic carbocycles. The van der Waals surface area contributed by atoms with Gasteiger partial charge in [0.15, 0.2) is 5.78 Å². The molecule has 4 aromatic rings. The van der Waals surface area contributed by atoms with Crippen molar-refractivity contribution in [2.75, 3.05) is 0 Å². The first-order chi connectivity index (χ1) is 15.2. The number of aromatic nitrogens is 1. The molecule has 3 aromatic carbocycles. The van der Waals surface area contributed by atoms with Crippen LogP contribution in [0.5, 0.6) is 0 Å². The third-order valence-corrected chi connectivity index (χ3v) is 5.72. The second-order valence-electron chi connectivity index (χ2n) is 8.83. The Hall–Kier alpha value is -3.43. The topological polar surface area (TPSA) is 49.9 Å². The Labute approximate surface area is 192 Å². The second kappa shape index (κ2) is 8.60. The predicted octanol–water partition coefficient (Wildman–Crippen LogP) is 7.04. The molecular weight excluding hydrogens is 418 g/mol. The van der Waals surface area contributed by atoms with Crippen molar-refractivity contribution in [2.45, 2.75) is 26.2 Å². The van der Waals surface area contributed by atoms with Gasteiger partial charge in [0, 0.05) is 21.5 Å². The lowest BCUT2D eigenvalue weighted by atomic mass is 9.86. The summed E-state index contributed by atoms with van der Waals surface area (Å²) in [5.74, 6) is -0.355. The number of pyridine rings is 1. The third kappa shape index (κ3) is 4.44. The molecule has 0 aliphatic heterocycles. The van der Waals surface area contributed by atoms with Crippen molar-refractivity contribution in [1.29, 1.82) is 0 Å². The number of halogens is 1. The van der Waals surface area contributed by atoms with Gasteiger partial charge in [-0.25, -0.2) is 0 Å². The molecule has 4 heteroatoms. The lowest BCUT2D eigenvalue weighted by Gasteiger charge is -2.18. The summed E-state index contributed by atoms with van der Waals surface area (Å²) in [6, 6.07) is 22.8. The molecule has 1 N–H and O–H groups in total. The Balaban J connectivity index is 1.81. The van der Waals surface area contributed by atoms with E-state index in [1.165, 1.54) is 11.6 Å². The number of nitrogens with one attached hydrogen (secondary N) is 1. The maximum atomic E-state index is 13.2. The lowest BCUT2D eigenvalue weighted by Crippen LogP contribution is -2.18. The number of carbonyl (C=O) groups is 1. The highest BCUT2D eigenvalue weighted by Gasteiger charge is 2.19. The van der Waals surface area contributed by atoms with Gasteiger partial charge in [0.25, 0.3) is 5.56 Å². The largest absolute Gasteiger partial charge is 0.321 e. The first kappa shape index (κ1) is 21.8. The van der Waals surface area contributed by atoms with Crippen molar-refractivity contribution >= 4 is 34.4 Å². The van der Waals surface area contributed by atoms with Crippen LogP contribution in [0.2, 0.25) is 5.02 Å². The Morgan fingerprint density at radius 3 is 2.28 bits per heavy atom. The van der Waals surface area contributed by atoms with Crippen LogP contribution in [0.25, 0.3) is 28.1 Å². The van der Waals surface area contributed by atoms with Crippen molar-refractivity contribution in [3.63, 3.8) is 0 Å². The maximum Gasteiger partial charge on any atom is 0.260 e. The van der Waals surface area contributed by atoms with Crippen molar-refractivity contribution in [3.8, 4) is 11.1 Å². The van der Waals surface area contributed by atoms with Crippen LogP contribution >= 0.6 is 11.6 Å². The van der Waals surface area contributed by atoms with E-state index in [1.54, 1.807) is 24.3 Å². The monoisotopic (exact) mass is 441 g/mol. The molecule has 4 rings (SSSR count). The average molecular weight is 442 g/mol. The minimum Gasteiger partial charge on any atom is -0.321 e. The highest BCUT2D eigenvalue weighted by atomic mass is 35.5. The van der Waals surface area contributed by atoms with Crippen molar-refractivity contribution in [1.82, 2.24) is 4.98 Å². The summed E-state index contributed by atoms with van der Waals surface area (Å²) < 4.78 is 0. The molecule has 0 saturated heterocycles. The molecule has 0 radical (unpaired) electrons. The van der Waals surface area contributed by atoms with Crippen LogP contribution in [0, 0.1) is 0 Å². The van der Waals surface area contributed by atoms with Crippen LogP contribution in [0.3, 0.4) is 0 Å². The van der Waals surface area contributed by atoms with E-state index >= 15 is 0 Å². The Morgan fingerprint density at radius 1 is 0.938 bits per heavy atom. The summed E-state index contributed by atoms with van der Waals surface area (Å²) >= 11 is 6.24. The van der Waals surface area contributed by atoms with E-state index in [9.17, 15) is 9.59 Å².